The lowest BCUT2D eigenvalue weighted by molar-refractivity contribution is 1.32. The number of thiophene rings is 1. The summed E-state index contributed by atoms with van der Waals surface area (Å²) < 4.78 is 2.61. The summed E-state index contributed by atoms with van der Waals surface area (Å²) in [6.07, 6.45) is 0. The first kappa shape index (κ1) is 25.1. The standard InChI is InChI=1S/C42H27NS/c1-2-11-28(12-3-1)30-15-10-16-33(25-30)43(34-23-24-36-32(26-34)22-21-29-13-4-6-17-35(29)36)41-37-18-7-5-14-31(37)27-39-38-19-8-9-20-40(38)44-42(39)41/h1-27H. The largest absolute Gasteiger partial charge is 0.308 e. The van der Waals surface area contributed by atoms with Gasteiger partial charge in [0.25, 0.3) is 0 Å². The minimum atomic E-state index is 1.14. The summed E-state index contributed by atoms with van der Waals surface area (Å²) in [5, 5.41) is 10.2. The maximum absolute atomic E-state index is 2.49. The Balaban J connectivity index is 1.38. The fraction of sp³-hybridized carbons (Fsp3) is 0. The molecule has 1 nitrogen and oxygen atoms in total. The van der Waals surface area contributed by atoms with Crippen molar-refractivity contribution in [1.82, 2.24) is 0 Å². The van der Waals surface area contributed by atoms with Crippen molar-refractivity contribution in [1.29, 1.82) is 0 Å². The van der Waals surface area contributed by atoms with E-state index in [1.54, 1.807) is 0 Å². The van der Waals surface area contributed by atoms with Crippen LogP contribution in [0.5, 0.6) is 0 Å². The maximum atomic E-state index is 2.49. The van der Waals surface area contributed by atoms with E-state index in [1.807, 2.05) is 11.3 Å². The van der Waals surface area contributed by atoms with Crippen LogP contribution in [0.3, 0.4) is 0 Å². The number of rotatable bonds is 4. The van der Waals surface area contributed by atoms with Gasteiger partial charge in [-0.15, -0.1) is 11.3 Å². The predicted octanol–water partition coefficient (Wildman–Crippen LogP) is 12.7. The van der Waals surface area contributed by atoms with E-state index in [0.29, 0.717) is 0 Å². The number of hydrogen-bond acceptors (Lipinski definition) is 2. The third-order valence-corrected chi connectivity index (χ3v) is 9.98. The van der Waals surface area contributed by atoms with Crippen LogP contribution in [0, 0.1) is 0 Å². The Bertz CT molecular complexity index is 2510. The van der Waals surface area contributed by atoms with E-state index >= 15 is 0 Å². The van der Waals surface area contributed by atoms with Crippen LogP contribution in [0.4, 0.5) is 17.1 Å². The average Bonchev–Trinajstić information content (AvgIpc) is 3.47. The van der Waals surface area contributed by atoms with E-state index in [-0.39, 0.29) is 0 Å². The molecule has 8 aromatic carbocycles. The Morgan fingerprint density at radius 2 is 1.00 bits per heavy atom. The van der Waals surface area contributed by atoms with Crippen molar-refractivity contribution in [2.45, 2.75) is 0 Å². The first-order valence-electron chi connectivity index (χ1n) is 15.0. The third-order valence-electron chi connectivity index (χ3n) is 8.79. The lowest BCUT2D eigenvalue weighted by Gasteiger charge is -2.28. The Morgan fingerprint density at radius 1 is 0.364 bits per heavy atom. The summed E-state index contributed by atoms with van der Waals surface area (Å²) in [6.45, 7) is 0. The van der Waals surface area contributed by atoms with E-state index in [2.05, 4.69) is 169 Å². The van der Waals surface area contributed by atoms with Gasteiger partial charge in [0.15, 0.2) is 0 Å². The second-order valence-corrected chi connectivity index (χ2v) is 12.4. The number of nitrogens with zero attached hydrogens (tertiary/aromatic N) is 1. The first-order chi connectivity index (χ1) is 21.8. The zero-order valence-electron chi connectivity index (χ0n) is 23.9. The van der Waals surface area contributed by atoms with E-state index < -0.39 is 0 Å². The van der Waals surface area contributed by atoms with E-state index in [9.17, 15) is 0 Å². The molecule has 0 aliphatic heterocycles. The van der Waals surface area contributed by atoms with E-state index in [1.165, 1.54) is 69.3 Å². The molecule has 0 bridgehead atoms. The normalized spacial score (nSPS) is 11.6. The Labute approximate surface area is 259 Å². The molecule has 9 rings (SSSR count). The zero-order chi connectivity index (χ0) is 29.0. The topological polar surface area (TPSA) is 3.24 Å². The van der Waals surface area contributed by atoms with Crippen molar-refractivity contribution in [3.8, 4) is 11.1 Å². The number of benzene rings is 8. The van der Waals surface area contributed by atoms with Crippen molar-refractivity contribution in [3.63, 3.8) is 0 Å². The van der Waals surface area contributed by atoms with E-state index in [4.69, 9.17) is 0 Å². The van der Waals surface area contributed by atoms with Gasteiger partial charge in [-0.2, -0.15) is 0 Å². The van der Waals surface area contributed by atoms with Gasteiger partial charge in [0.05, 0.1) is 10.4 Å². The van der Waals surface area contributed by atoms with Gasteiger partial charge in [-0.3, -0.25) is 0 Å². The molecule has 0 aliphatic carbocycles. The van der Waals surface area contributed by atoms with Gasteiger partial charge in [0.1, 0.15) is 0 Å². The molecule has 0 fully saturated rings. The summed E-state index contributed by atoms with van der Waals surface area (Å²) in [5.74, 6) is 0. The highest BCUT2D eigenvalue weighted by atomic mass is 32.1. The van der Waals surface area contributed by atoms with Gasteiger partial charge in [0.2, 0.25) is 0 Å². The molecule has 0 aliphatic rings. The van der Waals surface area contributed by atoms with Gasteiger partial charge in [-0.25, -0.2) is 0 Å². The summed E-state index contributed by atoms with van der Waals surface area (Å²) >= 11 is 1.89. The highest BCUT2D eigenvalue weighted by Gasteiger charge is 2.22. The van der Waals surface area contributed by atoms with E-state index in [0.717, 1.165) is 11.4 Å². The monoisotopic (exact) mass is 577 g/mol. The van der Waals surface area contributed by atoms with Crippen molar-refractivity contribution in [2.75, 3.05) is 4.90 Å². The molecule has 1 aromatic heterocycles. The molecule has 0 amide bonds. The highest BCUT2D eigenvalue weighted by molar-refractivity contribution is 7.26. The molecule has 9 aromatic rings. The Morgan fingerprint density at radius 3 is 1.89 bits per heavy atom. The van der Waals surface area contributed by atoms with Crippen molar-refractivity contribution in [3.05, 3.63) is 164 Å². The molecule has 2 heteroatoms. The second kappa shape index (κ2) is 10.1. The van der Waals surface area contributed by atoms with Gasteiger partial charge in [-0.05, 0) is 74.5 Å². The van der Waals surface area contributed by atoms with Crippen LogP contribution in [0.2, 0.25) is 0 Å². The highest BCUT2D eigenvalue weighted by Crippen LogP contribution is 2.49. The molecule has 0 atom stereocenters. The fourth-order valence-corrected chi connectivity index (χ4v) is 7.96. The smallest absolute Gasteiger partial charge is 0.0718 e. The summed E-state index contributed by atoms with van der Waals surface area (Å²) in [7, 11) is 0. The van der Waals surface area contributed by atoms with Crippen LogP contribution in [-0.4, -0.2) is 0 Å². The van der Waals surface area contributed by atoms with Crippen molar-refractivity contribution in [2.24, 2.45) is 0 Å². The number of anilines is 3. The van der Waals surface area contributed by atoms with Gasteiger partial charge >= 0.3 is 0 Å². The zero-order valence-corrected chi connectivity index (χ0v) is 24.8. The van der Waals surface area contributed by atoms with Gasteiger partial charge in [0, 0.05) is 32.2 Å². The molecule has 44 heavy (non-hydrogen) atoms. The number of hydrogen-bond donors (Lipinski definition) is 0. The van der Waals surface area contributed by atoms with Gasteiger partial charge < -0.3 is 4.90 Å². The second-order valence-electron chi connectivity index (χ2n) is 11.4. The average molecular weight is 578 g/mol. The third kappa shape index (κ3) is 4.00. The van der Waals surface area contributed by atoms with Crippen LogP contribution in [0.1, 0.15) is 0 Å². The minimum absolute atomic E-state index is 1.14. The van der Waals surface area contributed by atoms with Crippen LogP contribution in [0.15, 0.2) is 164 Å². The molecule has 1 heterocycles. The van der Waals surface area contributed by atoms with Crippen LogP contribution >= 0.6 is 11.3 Å². The Hall–Kier alpha value is -5.44. The number of fused-ring (bicyclic) bond motifs is 7. The summed E-state index contributed by atoms with van der Waals surface area (Å²) in [6, 6.07) is 59.8. The summed E-state index contributed by atoms with van der Waals surface area (Å²) in [5.41, 5.74) is 5.93. The maximum Gasteiger partial charge on any atom is 0.0718 e. The summed E-state index contributed by atoms with van der Waals surface area (Å²) in [4.78, 5) is 2.49. The van der Waals surface area contributed by atoms with Crippen molar-refractivity contribution < 1.29 is 0 Å². The quantitative estimate of drug-likeness (QED) is 0.188. The fourth-order valence-electron chi connectivity index (χ4n) is 6.72. The SMILES string of the molecule is c1ccc(-c2cccc(N(c3ccc4c(ccc5ccccc54)c3)c3c4ccccc4cc4c3sc3ccccc34)c2)cc1. The minimum Gasteiger partial charge on any atom is -0.308 e. The van der Waals surface area contributed by atoms with Gasteiger partial charge in [-0.1, -0.05) is 127 Å². The molecular weight excluding hydrogens is 551 g/mol. The molecule has 0 unspecified atom stereocenters. The molecular formula is C42H27NS. The first-order valence-corrected chi connectivity index (χ1v) is 15.8. The Kier molecular flexibility index (Phi) is 5.75. The molecule has 0 saturated carbocycles. The predicted molar refractivity (Wildman–Crippen MR) is 192 cm³/mol. The molecule has 0 saturated heterocycles. The molecule has 206 valence electrons. The van der Waals surface area contributed by atoms with Crippen LogP contribution in [-0.2, 0) is 0 Å². The molecule has 0 N–H and O–H groups in total. The molecule has 0 radical (unpaired) electrons. The van der Waals surface area contributed by atoms with Crippen molar-refractivity contribution >= 4 is 80.9 Å². The van der Waals surface area contributed by atoms with Crippen LogP contribution < -0.4 is 4.90 Å². The molecule has 0 spiro atoms. The van der Waals surface area contributed by atoms with Crippen LogP contribution in [0.25, 0.3) is 63.6 Å². The lowest BCUT2D eigenvalue weighted by Crippen LogP contribution is -2.11. The lowest BCUT2D eigenvalue weighted by atomic mass is 9.99.